The fourth-order valence-corrected chi connectivity index (χ4v) is 2.36. The largest absolute Gasteiger partial charge is 0.330 e. The smallest absolute Gasteiger partial charge is 0.224 e. The lowest BCUT2D eigenvalue weighted by Crippen LogP contribution is -2.23. The van der Waals surface area contributed by atoms with Crippen LogP contribution in [0.5, 0.6) is 0 Å². The Morgan fingerprint density at radius 1 is 1.15 bits per heavy atom. The highest BCUT2D eigenvalue weighted by molar-refractivity contribution is 5.90. The summed E-state index contributed by atoms with van der Waals surface area (Å²) in [5.41, 5.74) is 7.88. The van der Waals surface area contributed by atoms with Gasteiger partial charge in [0.25, 0.3) is 0 Å². The van der Waals surface area contributed by atoms with Crippen molar-refractivity contribution in [2.75, 3.05) is 11.9 Å². The zero-order valence-corrected chi connectivity index (χ0v) is 13.1. The molecule has 1 rings (SSSR count). The molecule has 0 heterocycles. The lowest BCUT2D eigenvalue weighted by atomic mass is 9.94. The summed E-state index contributed by atoms with van der Waals surface area (Å²) < 4.78 is 0. The lowest BCUT2D eigenvalue weighted by Gasteiger charge is -2.16. The highest BCUT2D eigenvalue weighted by atomic mass is 16.1. The molecule has 1 aromatic carbocycles. The van der Waals surface area contributed by atoms with E-state index in [1.807, 2.05) is 12.1 Å². The van der Waals surface area contributed by atoms with Gasteiger partial charge in [-0.1, -0.05) is 39.8 Å². The van der Waals surface area contributed by atoms with Crippen LogP contribution >= 0.6 is 0 Å². The number of hydrogen-bond donors (Lipinski definition) is 2. The summed E-state index contributed by atoms with van der Waals surface area (Å²) in [4.78, 5) is 12.0. The molecule has 0 saturated heterocycles. The van der Waals surface area contributed by atoms with Crippen molar-refractivity contribution in [1.82, 2.24) is 0 Å². The van der Waals surface area contributed by atoms with Gasteiger partial charge in [0.15, 0.2) is 0 Å². The Labute approximate surface area is 122 Å². The van der Waals surface area contributed by atoms with Gasteiger partial charge in [-0.05, 0) is 48.4 Å². The molecule has 0 saturated carbocycles. The van der Waals surface area contributed by atoms with Gasteiger partial charge in [-0.15, -0.1) is 0 Å². The Kier molecular flexibility index (Phi) is 6.73. The van der Waals surface area contributed by atoms with Crippen molar-refractivity contribution in [3.05, 3.63) is 29.8 Å². The molecule has 0 aromatic heterocycles. The van der Waals surface area contributed by atoms with Crippen molar-refractivity contribution in [1.29, 1.82) is 0 Å². The van der Waals surface area contributed by atoms with Crippen LogP contribution in [-0.2, 0) is 4.79 Å². The van der Waals surface area contributed by atoms with Crippen LogP contribution in [0.15, 0.2) is 24.3 Å². The van der Waals surface area contributed by atoms with E-state index in [0.29, 0.717) is 24.8 Å². The molecule has 0 unspecified atom stereocenters. The first kappa shape index (κ1) is 16.7. The second-order valence-electron chi connectivity index (χ2n) is 6.26. The van der Waals surface area contributed by atoms with Gasteiger partial charge >= 0.3 is 0 Å². The van der Waals surface area contributed by atoms with E-state index < -0.39 is 0 Å². The number of carbonyl (C=O) groups excluding carboxylic acids is 1. The fraction of sp³-hybridized carbons (Fsp3) is 0.588. The molecule has 1 aromatic rings. The average Bonchev–Trinajstić information content (AvgIpc) is 2.37. The maximum absolute atomic E-state index is 12.0. The Balaban J connectivity index is 2.52. The molecule has 1 atom stereocenters. The summed E-state index contributed by atoms with van der Waals surface area (Å²) in [6.07, 6.45) is 1.50. The molecule has 0 spiro atoms. The van der Waals surface area contributed by atoms with Gasteiger partial charge in [0.1, 0.15) is 0 Å². The van der Waals surface area contributed by atoms with Crippen LogP contribution in [-0.4, -0.2) is 12.5 Å². The standard InChI is InChI=1S/C17H28N2O/c1-12(2)9-14(11-18)10-17(20)19-16-7-5-15(6-8-16)13(3)4/h5-8,12-14H,9-11,18H2,1-4H3,(H,19,20)/t14-/m0/s1. The number of hydrogen-bond acceptors (Lipinski definition) is 2. The van der Waals surface area contributed by atoms with Crippen LogP contribution in [0, 0.1) is 11.8 Å². The van der Waals surface area contributed by atoms with Crippen LogP contribution < -0.4 is 11.1 Å². The summed E-state index contributed by atoms with van der Waals surface area (Å²) in [5, 5.41) is 2.95. The minimum Gasteiger partial charge on any atom is -0.330 e. The second-order valence-corrected chi connectivity index (χ2v) is 6.26. The van der Waals surface area contributed by atoms with Gasteiger partial charge in [-0.2, -0.15) is 0 Å². The number of amides is 1. The van der Waals surface area contributed by atoms with E-state index in [9.17, 15) is 4.79 Å². The minimum atomic E-state index is 0.0541. The zero-order valence-electron chi connectivity index (χ0n) is 13.1. The van der Waals surface area contributed by atoms with Crippen LogP contribution in [0.2, 0.25) is 0 Å². The molecule has 1 amide bonds. The van der Waals surface area contributed by atoms with Crippen LogP contribution in [0.1, 0.15) is 52.0 Å². The fourth-order valence-electron chi connectivity index (χ4n) is 2.36. The van der Waals surface area contributed by atoms with Gasteiger partial charge in [0.05, 0.1) is 0 Å². The molecule has 20 heavy (non-hydrogen) atoms. The third-order valence-electron chi connectivity index (χ3n) is 3.47. The maximum Gasteiger partial charge on any atom is 0.224 e. The first-order chi connectivity index (χ1) is 9.42. The van der Waals surface area contributed by atoms with Crippen LogP contribution in [0.4, 0.5) is 5.69 Å². The predicted molar refractivity (Wildman–Crippen MR) is 85.8 cm³/mol. The summed E-state index contributed by atoms with van der Waals surface area (Å²) >= 11 is 0. The Bertz CT molecular complexity index is 410. The summed E-state index contributed by atoms with van der Waals surface area (Å²) in [6.45, 7) is 9.20. The van der Waals surface area contributed by atoms with Gasteiger partial charge < -0.3 is 11.1 Å². The van der Waals surface area contributed by atoms with E-state index in [1.54, 1.807) is 0 Å². The topological polar surface area (TPSA) is 55.1 Å². The highest BCUT2D eigenvalue weighted by Crippen LogP contribution is 2.19. The molecule has 3 heteroatoms. The van der Waals surface area contributed by atoms with E-state index in [4.69, 9.17) is 5.73 Å². The van der Waals surface area contributed by atoms with Crippen LogP contribution in [0.3, 0.4) is 0 Å². The monoisotopic (exact) mass is 276 g/mol. The number of nitrogens with one attached hydrogen (secondary N) is 1. The second kappa shape index (κ2) is 8.05. The van der Waals surface area contributed by atoms with E-state index in [1.165, 1.54) is 5.56 Å². The third kappa shape index (κ3) is 5.74. The van der Waals surface area contributed by atoms with E-state index in [-0.39, 0.29) is 11.8 Å². The van der Waals surface area contributed by atoms with Gasteiger partial charge in [-0.3, -0.25) is 4.79 Å². The van der Waals surface area contributed by atoms with E-state index in [0.717, 1.165) is 12.1 Å². The molecule has 3 nitrogen and oxygen atoms in total. The molecule has 0 fully saturated rings. The lowest BCUT2D eigenvalue weighted by molar-refractivity contribution is -0.117. The zero-order chi connectivity index (χ0) is 15.1. The minimum absolute atomic E-state index is 0.0541. The van der Waals surface area contributed by atoms with Crippen LogP contribution in [0.25, 0.3) is 0 Å². The highest BCUT2D eigenvalue weighted by Gasteiger charge is 2.14. The molecule has 0 aliphatic rings. The summed E-state index contributed by atoms with van der Waals surface area (Å²) in [7, 11) is 0. The number of rotatable bonds is 7. The molecule has 0 bridgehead atoms. The molecule has 3 N–H and O–H groups in total. The quantitative estimate of drug-likeness (QED) is 0.796. The number of carbonyl (C=O) groups is 1. The van der Waals surface area contributed by atoms with Crippen molar-refractivity contribution in [3.63, 3.8) is 0 Å². The van der Waals surface area contributed by atoms with Crippen molar-refractivity contribution < 1.29 is 4.79 Å². The summed E-state index contributed by atoms with van der Waals surface area (Å²) in [6, 6.07) is 8.06. The SMILES string of the molecule is CC(C)C[C@H](CN)CC(=O)Nc1ccc(C(C)C)cc1. The van der Waals surface area contributed by atoms with Crippen molar-refractivity contribution in [2.45, 2.75) is 46.5 Å². The Hall–Kier alpha value is -1.35. The summed E-state index contributed by atoms with van der Waals surface area (Å²) in [5.74, 6) is 1.40. The van der Waals surface area contributed by atoms with Crippen molar-refractivity contribution >= 4 is 11.6 Å². The molecular formula is C17H28N2O. The molecular weight excluding hydrogens is 248 g/mol. The van der Waals surface area contributed by atoms with E-state index >= 15 is 0 Å². The van der Waals surface area contributed by atoms with Gasteiger partial charge in [0.2, 0.25) is 5.91 Å². The van der Waals surface area contributed by atoms with Gasteiger partial charge in [-0.25, -0.2) is 0 Å². The number of anilines is 1. The molecule has 0 radical (unpaired) electrons. The van der Waals surface area contributed by atoms with Crippen molar-refractivity contribution in [2.24, 2.45) is 17.6 Å². The number of nitrogens with two attached hydrogens (primary N) is 1. The Morgan fingerprint density at radius 2 is 1.75 bits per heavy atom. The van der Waals surface area contributed by atoms with Crippen molar-refractivity contribution in [3.8, 4) is 0 Å². The average molecular weight is 276 g/mol. The first-order valence-electron chi connectivity index (χ1n) is 7.52. The molecule has 112 valence electrons. The van der Waals surface area contributed by atoms with Gasteiger partial charge in [0, 0.05) is 12.1 Å². The maximum atomic E-state index is 12.0. The number of benzene rings is 1. The molecule has 0 aliphatic heterocycles. The molecule has 0 aliphatic carbocycles. The normalized spacial score (nSPS) is 12.8. The predicted octanol–water partition coefficient (Wildman–Crippen LogP) is 3.76. The third-order valence-corrected chi connectivity index (χ3v) is 3.47. The van der Waals surface area contributed by atoms with E-state index in [2.05, 4.69) is 45.1 Å². The first-order valence-corrected chi connectivity index (χ1v) is 7.52. The Morgan fingerprint density at radius 3 is 2.20 bits per heavy atom.